The largest absolute Gasteiger partial charge is 0.350 e. The second-order valence-corrected chi connectivity index (χ2v) is 6.97. The predicted octanol–water partition coefficient (Wildman–Crippen LogP) is 3.63. The number of fused-ring (bicyclic) bond motifs is 1. The van der Waals surface area contributed by atoms with Crippen molar-refractivity contribution in [1.82, 2.24) is 14.9 Å². The number of carbonyl (C=O) groups excluding carboxylic acids is 1. The summed E-state index contributed by atoms with van der Waals surface area (Å²) in [6, 6.07) is 5.17. The fraction of sp³-hybridized carbons (Fsp3) is 0.500. The quantitative estimate of drug-likeness (QED) is 0.784. The van der Waals surface area contributed by atoms with Crippen LogP contribution in [-0.4, -0.2) is 21.5 Å². The normalized spacial score (nSPS) is 12.5. The van der Waals surface area contributed by atoms with Gasteiger partial charge in [0, 0.05) is 18.2 Å². The van der Waals surface area contributed by atoms with Gasteiger partial charge in [-0.15, -0.1) is 0 Å². The summed E-state index contributed by atoms with van der Waals surface area (Å²) in [5.41, 5.74) is 0.990. The molecular formula is C18H25N3O2S. The van der Waals surface area contributed by atoms with Gasteiger partial charge in [-0.05, 0) is 63.0 Å². The molecule has 0 aliphatic heterocycles. The lowest BCUT2D eigenvalue weighted by molar-refractivity contribution is 0.0937. The zero-order valence-corrected chi connectivity index (χ0v) is 15.5. The van der Waals surface area contributed by atoms with E-state index in [-0.39, 0.29) is 17.5 Å². The molecule has 130 valence electrons. The number of aromatic amines is 1. The molecule has 2 rings (SSSR count). The Bertz CT molecular complexity index is 851. The van der Waals surface area contributed by atoms with Crippen molar-refractivity contribution < 1.29 is 4.79 Å². The van der Waals surface area contributed by atoms with Crippen molar-refractivity contribution in [2.75, 3.05) is 0 Å². The number of hydrogen-bond acceptors (Lipinski definition) is 3. The van der Waals surface area contributed by atoms with Gasteiger partial charge in [0.2, 0.25) is 0 Å². The van der Waals surface area contributed by atoms with E-state index in [0.29, 0.717) is 33.7 Å². The zero-order valence-electron chi connectivity index (χ0n) is 14.7. The fourth-order valence-electron chi connectivity index (χ4n) is 2.65. The van der Waals surface area contributed by atoms with E-state index in [2.05, 4.69) is 24.1 Å². The van der Waals surface area contributed by atoms with E-state index in [0.717, 1.165) is 12.8 Å². The Hall–Kier alpha value is -1.95. The Balaban J connectivity index is 2.26. The molecule has 0 saturated heterocycles. The minimum atomic E-state index is -0.132. The molecule has 0 aliphatic carbocycles. The minimum absolute atomic E-state index is 0.113. The molecular weight excluding hydrogens is 322 g/mol. The van der Waals surface area contributed by atoms with Crippen molar-refractivity contribution in [3.63, 3.8) is 0 Å². The lowest BCUT2D eigenvalue weighted by Gasteiger charge is -2.15. The average Bonchev–Trinajstić information content (AvgIpc) is 2.52. The van der Waals surface area contributed by atoms with Gasteiger partial charge in [-0.1, -0.05) is 13.8 Å². The van der Waals surface area contributed by atoms with Gasteiger partial charge in [-0.2, -0.15) is 0 Å². The van der Waals surface area contributed by atoms with Crippen molar-refractivity contribution in [2.24, 2.45) is 5.92 Å². The van der Waals surface area contributed by atoms with Crippen molar-refractivity contribution >= 4 is 29.0 Å². The Labute approximate surface area is 147 Å². The van der Waals surface area contributed by atoms with E-state index in [1.807, 2.05) is 13.8 Å². The van der Waals surface area contributed by atoms with Gasteiger partial charge in [0.15, 0.2) is 4.77 Å². The van der Waals surface area contributed by atoms with Gasteiger partial charge in [-0.25, -0.2) is 0 Å². The van der Waals surface area contributed by atoms with Crippen LogP contribution in [-0.2, 0) is 6.54 Å². The maximum Gasteiger partial charge on any atom is 0.262 e. The second-order valence-electron chi connectivity index (χ2n) is 6.59. The summed E-state index contributed by atoms with van der Waals surface area (Å²) in [6.45, 7) is 8.73. The van der Waals surface area contributed by atoms with Crippen LogP contribution in [0.1, 0.15) is 50.9 Å². The first kappa shape index (κ1) is 18.4. The van der Waals surface area contributed by atoms with E-state index in [1.54, 1.807) is 18.2 Å². The molecule has 6 heteroatoms. The molecule has 1 atom stereocenters. The lowest BCUT2D eigenvalue weighted by Crippen LogP contribution is -2.32. The monoisotopic (exact) mass is 347 g/mol. The summed E-state index contributed by atoms with van der Waals surface area (Å²) < 4.78 is 1.88. The van der Waals surface area contributed by atoms with Gasteiger partial charge >= 0.3 is 0 Å². The summed E-state index contributed by atoms with van der Waals surface area (Å²) in [4.78, 5) is 27.8. The molecule has 1 unspecified atom stereocenters. The van der Waals surface area contributed by atoms with Crippen LogP contribution in [0.15, 0.2) is 23.0 Å². The number of amides is 1. The van der Waals surface area contributed by atoms with Crippen LogP contribution in [0.25, 0.3) is 10.9 Å². The van der Waals surface area contributed by atoms with Crippen molar-refractivity contribution in [3.8, 4) is 0 Å². The van der Waals surface area contributed by atoms with Crippen LogP contribution in [0.3, 0.4) is 0 Å². The van der Waals surface area contributed by atoms with Crippen molar-refractivity contribution in [2.45, 2.75) is 53.1 Å². The van der Waals surface area contributed by atoms with Gasteiger partial charge in [-0.3, -0.25) is 14.2 Å². The zero-order chi connectivity index (χ0) is 17.9. The van der Waals surface area contributed by atoms with E-state index >= 15 is 0 Å². The van der Waals surface area contributed by atoms with Crippen LogP contribution in [0.5, 0.6) is 0 Å². The fourth-order valence-corrected chi connectivity index (χ4v) is 2.97. The molecule has 0 aliphatic rings. The molecule has 0 saturated carbocycles. The maximum absolute atomic E-state index is 12.4. The molecule has 24 heavy (non-hydrogen) atoms. The number of nitrogens with one attached hydrogen (secondary N) is 2. The molecule has 0 bridgehead atoms. The van der Waals surface area contributed by atoms with Crippen LogP contribution in [0.4, 0.5) is 0 Å². The number of nitrogens with zero attached hydrogens (tertiary/aromatic N) is 1. The van der Waals surface area contributed by atoms with E-state index in [4.69, 9.17) is 12.2 Å². The van der Waals surface area contributed by atoms with Crippen LogP contribution < -0.4 is 10.9 Å². The minimum Gasteiger partial charge on any atom is -0.350 e. The lowest BCUT2D eigenvalue weighted by atomic mass is 10.0. The Morgan fingerprint density at radius 3 is 2.62 bits per heavy atom. The van der Waals surface area contributed by atoms with Crippen LogP contribution in [0.2, 0.25) is 0 Å². The summed E-state index contributed by atoms with van der Waals surface area (Å²) in [5, 5.41) is 3.54. The van der Waals surface area contributed by atoms with Crippen LogP contribution >= 0.6 is 12.2 Å². The summed E-state index contributed by atoms with van der Waals surface area (Å²) in [5.74, 6) is 0.484. The molecule has 1 aromatic carbocycles. The molecule has 1 amide bonds. The Morgan fingerprint density at radius 1 is 1.29 bits per heavy atom. The topological polar surface area (TPSA) is 66.9 Å². The van der Waals surface area contributed by atoms with Gasteiger partial charge < -0.3 is 10.3 Å². The third kappa shape index (κ3) is 4.12. The first-order chi connectivity index (χ1) is 11.3. The van der Waals surface area contributed by atoms with Gasteiger partial charge in [0.1, 0.15) is 0 Å². The van der Waals surface area contributed by atoms with E-state index < -0.39 is 0 Å². The highest BCUT2D eigenvalue weighted by molar-refractivity contribution is 7.71. The number of rotatable bonds is 6. The second kappa shape index (κ2) is 7.75. The third-order valence-corrected chi connectivity index (χ3v) is 4.44. The molecule has 2 aromatic rings. The molecule has 2 N–H and O–H groups in total. The van der Waals surface area contributed by atoms with Crippen molar-refractivity contribution in [1.29, 1.82) is 0 Å². The van der Waals surface area contributed by atoms with Crippen molar-refractivity contribution in [3.05, 3.63) is 38.9 Å². The first-order valence-corrected chi connectivity index (χ1v) is 8.82. The predicted molar refractivity (Wildman–Crippen MR) is 100 cm³/mol. The summed E-state index contributed by atoms with van der Waals surface area (Å²) in [7, 11) is 0. The number of benzene rings is 1. The Morgan fingerprint density at radius 2 is 2.00 bits per heavy atom. The number of H-pyrrole nitrogens is 1. The summed E-state index contributed by atoms with van der Waals surface area (Å²) >= 11 is 5.21. The standard InChI is InChI=1S/C18H25N3O2S/c1-5-21-17(23)14-9-8-13(10-15(14)20-18(21)24)16(22)19-12(4)7-6-11(2)3/h8-12H,5-7H2,1-4H3,(H,19,22)(H,20,24). The molecule has 0 radical (unpaired) electrons. The average molecular weight is 347 g/mol. The number of aromatic nitrogens is 2. The number of carbonyl (C=O) groups is 1. The molecule has 5 nitrogen and oxygen atoms in total. The Kier molecular flexibility index (Phi) is 5.94. The number of hydrogen-bond donors (Lipinski definition) is 2. The summed E-state index contributed by atoms with van der Waals surface area (Å²) in [6.07, 6.45) is 2.02. The SMILES string of the molecule is CCn1c(=S)[nH]c2cc(C(=O)NC(C)CCC(C)C)ccc2c1=O. The van der Waals surface area contributed by atoms with Gasteiger partial charge in [0.25, 0.3) is 11.5 Å². The first-order valence-electron chi connectivity index (χ1n) is 8.41. The third-order valence-electron chi connectivity index (χ3n) is 4.11. The molecule has 1 aromatic heterocycles. The van der Waals surface area contributed by atoms with E-state index in [9.17, 15) is 9.59 Å². The molecule has 0 fully saturated rings. The van der Waals surface area contributed by atoms with Gasteiger partial charge in [0.05, 0.1) is 10.9 Å². The highest BCUT2D eigenvalue weighted by Crippen LogP contribution is 2.12. The molecule has 0 spiro atoms. The molecule has 1 heterocycles. The smallest absolute Gasteiger partial charge is 0.262 e. The maximum atomic E-state index is 12.4. The highest BCUT2D eigenvalue weighted by Gasteiger charge is 2.12. The van der Waals surface area contributed by atoms with E-state index in [1.165, 1.54) is 4.57 Å². The highest BCUT2D eigenvalue weighted by atomic mass is 32.1. The van der Waals surface area contributed by atoms with Crippen LogP contribution in [0, 0.1) is 10.7 Å².